The number of sulfonamides is 1. The molecule has 0 aliphatic carbocycles. The second-order valence-corrected chi connectivity index (χ2v) is 9.94. The van der Waals surface area contributed by atoms with Crippen molar-refractivity contribution in [2.45, 2.75) is 26.3 Å². The molecule has 0 radical (unpaired) electrons. The molecule has 2 aromatic rings. The molecule has 2 aliphatic heterocycles. The van der Waals surface area contributed by atoms with Crippen molar-refractivity contribution in [3.8, 4) is 0 Å². The van der Waals surface area contributed by atoms with E-state index in [0.717, 1.165) is 38.9 Å². The number of rotatable bonds is 3. The van der Waals surface area contributed by atoms with Gasteiger partial charge in [-0.2, -0.15) is 5.10 Å². The second kappa shape index (κ2) is 7.25. The lowest BCUT2D eigenvalue weighted by atomic mass is 10.0. The molecule has 0 bridgehead atoms. The molecule has 2 aromatic carbocycles. The Bertz CT molecular complexity index is 1090. The summed E-state index contributed by atoms with van der Waals surface area (Å²) in [4.78, 5) is 4.64. The van der Waals surface area contributed by atoms with Crippen molar-refractivity contribution in [3.63, 3.8) is 0 Å². The zero-order chi connectivity index (χ0) is 19.9. The first-order valence-electron chi connectivity index (χ1n) is 9.05. The third kappa shape index (κ3) is 3.66. The minimum Gasteiger partial charge on any atom is -0.267 e. The van der Waals surface area contributed by atoms with Crippen LogP contribution in [0.2, 0.25) is 0 Å². The lowest BCUT2D eigenvalue weighted by molar-refractivity contribution is 0.590. The molecule has 0 aromatic heterocycles. The summed E-state index contributed by atoms with van der Waals surface area (Å²) in [5.41, 5.74) is 8.86. The van der Waals surface area contributed by atoms with Gasteiger partial charge in [0.1, 0.15) is 0 Å². The minimum atomic E-state index is -3.27. The summed E-state index contributed by atoms with van der Waals surface area (Å²) in [5, 5.41) is 5.28. The Balaban J connectivity index is 1.57. The molecule has 1 unspecified atom stereocenters. The fourth-order valence-corrected chi connectivity index (χ4v) is 5.65. The van der Waals surface area contributed by atoms with Gasteiger partial charge < -0.3 is 0 Å². The number of nitrogens with one attached hydrogen (secondary N) is 1. The molecule has 6 nitrogen and oxygen atoms in total. The van der Waals surface area contributed by atoms with Crippen LogP contribution in [0.3, 0.4) is 0 Å². The number of aliphatic imine (C=N–C) groups is 1. The first-order valence-corrected chi connectivity index (χ1v) is 11.9. The van der Waals surface area contributed by atoms with Crippen LogP contribution in [0.4, 0.5) is 11.4 Å². The highest BCUT2D eigenvalue weighted by Gasteiger charge is 2.32. The van der Waals surface area contributed by atoms with Crippen LogP contribution in [0.25, 0.3) is 0 Å². The van der Waals surface area contributed by atoms with Crippen molar-refractivity contribution in [2.75, 3.05) is 16.3 Å². The van der Waals surface area contributed by atoms with Gasteiger partial charge in [0.15, 0.2) is 5.17 Å². The summed E-state index contributed by atoms with van der Waals surface area (Å²) in [6.45, 7) is 3.97. The molecule has 0 saturated carbocycles. The molecule has 28 heavy (non-hydrogen) atoms. The third-order valence-corrected chi connectivity index (χ3v) is 7.04. The predicted octanol–water partition coefficient (Wildman–Crippen LogP) is 3.43. The molecule has 2 heterocycles. The monoisotopic (exact) mass is 414 g/mol. The molecule has 4 rings (SSSR count). The molecule has 0 spiro atoms. The smallest absolute Gasteiger partial charge is 0.232 e. The van der Waals surface area contributed by atoms with E-state index in [1.165, 1.54) is 10.6 Å². The maximum atomic E-state index is 12.1. The molecule has 1 N–H and O–H groups in total. The van der Waals surface area contributed by atoms with Gasteiger partial charge in [0.2, 0.25) is 10.0 Å². The Morgan fingerprint density at radius 2 is 2.04 bits per heavy atom. The fraction of sp³-hybridized carbons (Fsp3) is 0.300. The van der Waals surface area contributed by atoms with Gasteiger partial charge in [0.25, 0.3) is 0 Å². The van der Waals surface area contributed by atoms with Crippen LogP contribution in [-0.4, -0.2) is 37.3 Å². The number of fused-ring (bicyclic) bond motifs is 1. The van der Waals surface area contributed by atoms with E-state index in [9.17, 15) is 8.42 Å². The molecular formula is C20H22N4O2S2. The summed E-state index contributed by atoms with van der Waals surface area (Å²) in [6, 6.07) is 13.8. The van der Waals surface area contributed by atoms with Gasteiger partial charge >= 0.3 is 0 Å². The summed E-state index contributed by atoms with van der Waals surface area (Å²) >= 11 is 1.61. The van der Waals surface area contributed by atoms with Gasteiger partial charge in [0.05, 0.1) is 23.3 Å². The van der Waals surface area contributed by atoms with Gasteiger partial charge in [0, 0.05) is 11.8 Å². The van der Waals surface area contributed by atoms with E-state index in [4.69, 9.17) is 0 Å². The van der Waals surface area contributed by atoms with E-state index in [-0.39, 0.29) is 6.04 Å². The number of amidine groups is 1. The van der Waals surface area contributed by atoms with Gasteiger partial charge in [-0.25, -0.2) is 13.4 Å². The molecule has 146 valence electrons. The number of anilines is 1. The highest BCUT2D eigenvalue weighted by atomic mass is 32.2. The van der Waals surface area contributed by atoms with Crippen molar-refractivity contribution >= 4 is 44.0 Å². The quantitative estimate of drug-likeness (QED) is 0.835. The molecule has 0 fully saturated rings. The van der Waals surface area contributed by atoms with Gasteiger partial charge in [-0.1, -0.05) is 36.0 Å². The van der Waals surface area contributed by atoms with Crippen LogP contribution in [0.1, 0.15) is 23.6 Å². The Hall–Kier alpha value is -2.32. The number of thioether (sulfide) groups is 1. The molecule has 8 heteroatoms. The van der Waals surface area contributed by atoms with E-state index in [2.05, 4.69) is 21.6 Å². The molecule has 0 amide bonds. The highest BCUT2D eigenvalue weighted by Crippen LogP contribution is 2.35. The Morgan fingerprint density at radius 1 is 1.25 bits per heavy atom. The number of para-hydroxylation sites is 1. The summed E-state index contributed by atoms with van der Waals surface area (Å²) in [6.07, 6.45) is 1.97. The fourth-order valence-electron chi connectivity index (χ4n) is 3.61. The van der Waals surface area contributed by atoms with Crippen LogP contribution in [-0.2, 0) is 16.4 Å². The van der Waals surface area contributed by atoms with Crippen molar-refractivity contribution in [1.82, 2.24) is 5.43 Å². The lowest BCUT2D eigenvalue weighted by Gasteiger charge is -2.22. The Morgan fingerprint density at radius 3 is 2.71 bits per heavy atom. The van der Waals surface area contributed by atoms with E-state index in [1.54, 1.807) is 11.8 Å². The van der Waals surface area contributed by atoms with Gasteiger partial charge in [-0.3, -0.25) is 9.73 Å². The minimum absolute atomic E-state index is 0.0612. The summed E-state index contributed by atoms with van der Waals surface area (Å²) < 4.78 is 25.7. The number of benzene rings is 2. The topological polar surface area (TPSA) is 74.1 Å². The largest absolute Gasteiger partial charge is 0.267 e. The third-order valence-electron chi connectivity index (χ3n) is 4.89. The number of aryl methyl sites for hydroxylation is 1. The number of hydrogen-bond acceptors (Lipinski definition) is 5. The molecule has 0 saturated heterocycles. The number of nitrogens with zero attached hydrogens (tertiary/aromatic N) is 3. The van der Waals surface area contributed by atoms with Crippen LogP contribution < -0.4 is 9.73 Å². The molecular weight excluding hydrogens is 392 g/mol. The van der Waals surface area contributed by atoms with Crippen molar-refractivity contribution in [1.29, 1.82) is 0 Å². The van der Waals surface area contributed by atoms with E-state index in [1.807, 2.05) is 50.2 Å². The van der Waals surface area contributed by atoms with Crippen molar-refractivity contribution < 1.29 is 8.42 Å². The highest BCUT2D eigenvalue weighted by molar-refractivity contribution is 8.14. The average molecular weight is 415 g/mol. The van der Waals surface area contributed by atoms with E-state index >= 15 is 0 Å². The average Bonchev–Trinajstić information content (AvgIpc) is 2.99. The van der Waals surface area contributed by atoms with Gasteiger partial charge in [-0.15, -0.1) is 0 Å². The predicted molar refractivity (Wildman–Crippen MR) is 117 cm³/mol. The van der Waals surface area contributed by atoms with Crippen LogP contribution >= 0.6 is 11.8 Å². The molecule has 1 atom stereocenters. The SMILES string of the molecule is Cc1ccccc1N=C1NN=C(c2ccc3c(c2)CC(C)N3S(C)(=O)=O)CS1. The normalized spacial score (nSPS) is 20.7. The second-order valence-electron chi connectivity index (χ2n) is 7.12. The van der Waals surface area contributed by atoms with Crippen molar-refractivity contribution in [2.24, 2.45) is 10.1 Å². The Labute approximate surface area is 169 Å². The lowest BCUT2D eigenvalue weighted by Crippen LogP contribution is -2.34. The van der Waals surface area contributed by atoms with Crippen LogP contribution in [0.5, 0.6) is 0 Å². The maximum Gasteiger partial charge on any atom is 0.232 e. The number of hydrazone groups is 1. The summed E-state index contributed by atoms with van der Waals surface area (Å²) in [7, 11) is -3.27. The van der Waals surface area contributed by atoms with E-state index < -0.39 is 10.0 Å². The van der Waals surface area contributed by atoms with Crippen LogP contribution in [0, 0.1) is 6.92 Å². The first kappa shape index (κ1) is 19.0. The summed E-state index contributed by atoms with van der Waals surface area (Å²) in [5.74, 6) is 0.710. The van der Waals surface area contributed by atoms with Crippen LogP contribution in [0.15, 0.2) is 52.6 Å². The molecule has 2 aliphatic rings. The zero-order valence-electron chi connectivity index (χ0n) is 16.0. The zero-order valence-corrected chi connectivity index (χ0v) is 17.6. The van der Waals surface area contributed by atoms with E-state index in [0.29, 0.717) is 12.2 Å². The maximum absolute atomic E-state index is 12.1. The Kier molecular flexibility index (Phi) is 4.93. The standard InChI is InChI=1S/C20H22N4O2S2/c1-13-6-4-5-7-17(13)21-20-23-22-18(12-27-20)15-8-9-19-16(11-15)10-14(2)24(19)28(3,25)26/h4-9,11,14H,10,12H2,1-3H3,(H,21,23). The van der Waals surface area contributed by atoms with Gasteiger partial charge in [-0.05, 0) is 55.2 Å². The number of hydrogen-bond donors (Lipinski definition) is 1. The van der Waals surface area contributed by atoms with Crippen molar-refractivity contribution in [3.05, 3.63) is 59.2 Å². The first-order chi connectivity index (χ1) is 13.3.